The minimum Gasteiger partial charge on any atom is -0.484 e. The smallest absolute Gasteiger partial charge is 0.379 e. The summed E-state index contributed by atoms with van der Waals surface area (Å²) in [4.78, 5) is 35.3. The molecule has 37 heavy (non-hydrogen) atoms. The number of nitrogens with one attached hydrogen (secondary N) is 1. The van der Waals surface area contributed by atoms with Gasteiger partial charge in [0.25, 0.3) is 5.91 Å². The molecule has 1 N–H and O–H groups in total. The van der Waals surface area contributed by atoms with Crippen LogP contribution in [0.1, 0.15) is 62.7 Å². The molecule has 1 heterocycles. The van der Waals surface area contributed by atoms with Crippen molar-refractivity contribution in [1.29, 1.82) is 0 Å². The van der Waals surface area contributed by atoms with E-state index in [1.54, 1.807) is 12.1 Å². The molecule has 3 rings (SSSR count). The predicted octanol–water partition coefficient (Wildman–Crippen LogP) is 6.14. The van der Waals surface area contributed by atoms with Gasteiger partial charge in [0.05, 0.1) is 12.5 Å². The Morgan fingerprint density at radius 1 is 1.03 bits per heavy atom. The van der Waals surface area contributed by atoms with E-state index < -0.39 is 11.9 Å². The van der Waals surface area contributed by atoms with Gasteiger partial charge in [0, 0.05) is 0 Å². The predicted molar refractivity (Wildman–Crippen MR) is 140 cm³/mol. The summed E-state index contributed by atoms with van der Waals surface area (Å²) in [5.41, 5.74) is 4.15. The van der Waals surface area contributed by atoms with Gasteiger partial charge in [-0.15, -0.1) is 4.91 Å². The van der Waals surface area contributed by atoms with Crippen LogP contribution in [-0.2, 0) is 10.2 Å². The lowest BCUT2D eigenvalue weighted by Crippen LogP contribution is -2.25. The van der Waals surface area contributed by atoms with Crippen molar-refractivity contribution in [3.05, 3.63) is 82.7 Å². The average molecular weight is 506 g/mol. The lowest BCUT2D eigenvalue weighted by Gasteiger charge is -2.33. The highest BCUT2D eigenvalue weighted by Gasteiger charge is 2.27. The lowest BCUT2D eigenvalue weighted by atomic mass is 9.72. The van der Waals surface area contributed by atoms with Crippen LogP contribution >= 0.6 is 0 Å². The second-order valence-corrected chi connectivity index (χ2v) is 10.4. The Labute approximate surface area is 215 Å². The first-order valence-corrected chi connectivity index (χ1v) is 11.8. The van der Waals surface area contributed by atoms with Crippen LogP contribution in [-0.4, -0.2) is 24.7 Å². The Morgan fingerprint density at radius 3 is 2.38 bits per heavy atom. The fraction of sp³-hybridized carbons (Fsp3) is 0.321. The maximum Gasteiger partial charge on any atom is 0.379 e. The first kappa shape index (κ1) is 27.3. The van der Waals surface area contributed by atoms with Crippen LogP contribution in [0.25, 0.3) is 0 Å². The van der Waals surface area contributed by atoms with Gasteiger partial charge in [0.1, 0.15) is 5.75 Å². The standard InChI is InChI=1S/C28H31N3O6/c1-27(2,3)18-28(4,5)20-9-11-21(12-10-20)36-17-25(32)30-29-16-19-8-13-23(22(15-19)31-34)37-26(33)24-7-6-14-35-24/h6-16H,17-18H2,1-5H3,(H,30,32)/b29-16+. The number of benzene rings is 2. The molecule has 9 nitrogen and oxygen atoms in total. The van der Waals surface area contributed by atoms with Gasteiger partial charge in [-0.2, -0.15) is 5.10 Å². The zero-order chi connectivity index (χ0) is 27.1. The van der Waals surface area contributed by atoms with Crippen LogP contribution in [0.5, 0.6) is 11.5 Å². The first-order chi connectivity index (χ1) is 17.5. The van der Waals surface area contributed by atoms with E-state index in [9.17, 15) is 14.5 Å². The largest absolute Gasteiger partial charge is 0.484 e. The number of nitroso groups, excluding NO2 is 1. The number of rotatable bonds is 10. The molecular formula is C28H31N3O6. The summed E-state index contributed by atoms with van der Waals surface area (Å²) in [6.07, 6.45) is 3.69. The Kier molecular flexibility index (Phi) is 8.60. The quantitative estimate of drug-likeness (QED) is 0.116. The maximum absolute atomic E-state index is 12.1. The number of ether oxygens (including phenoxy) is 2. The molecule has 3 aromatic rings. The van der Waals surface area contributed by atoms with Crippen molar-refractivity contribution in [2.45, 2.75) is 46.5 Å². The van der Waals surface area contributed by atoms with Gasteiger partial charge < -0.3 is 13.9 Å². The number of nitrogens with zero attached hydrogens (tertiary/aromatic N) is 2. The number of hydrazone groups is 1. The molecule has 0 atom stereocenters. The van der Waals surface area contributed by atoms with E-state index in [0.717, 1.165) is 6.42 Å². The van der Waals surface area contributed by atoms with Crippen LogP contribution in [0.3, 0.4) is 0 Å². The summed E-state index contributed by atoms with van der Waals surface area (Å²) in [6, 6.07) is 15.0. The Hall–Kier alpha value is -4.27. The van der Waals surface area contributed by atoms with Crippen molar-refractivity contribution < 1.29 is 23.5 Å². The maximum atomic E-state index is 12.1. The van der Waals surface area contributed by atoms with E-state index >= 15 is 0 Å². The average Bonchev–Trinajstić information content (AvgIpc) is 3.37. The molecule has 194 valence electrons. The molecule has 0 unspecified atom stereocenters. The minimum absolute atomic E-state index is 0.00673. The second kappa shape index (κ2) is 11.6. The Bertz CT molecular complexity index is 1260. The number of furan rings is 1. The van der Waals surface area contributed by atoms with E-state index in [4.69, 9.17) is 13.9 Å². The number of hydrogen-bond acceptors (Lipinski definition) is 8. The van der Waals surface area contributed by atoms with Gasteiger partial charge in [-0.05, 0) is 76.0 Å². The van der Waals surface area contributed by atoms with E-state index in [1.807, 2.05) is 24.3 Å². The van der Waals surface area contributed by atoms with Gasteiger partial charge >= 0.3 is 5.97 Å². The monoisotopic (exact) mass is 505 g/mol. The molecule has 0 fully saturated rings. The highest BCUT2D eigenvalue weighted by molar-refractivity contribution is 5.89. The summed E-state index contributed by atoms with van der Waals surface area (Å²) in [6.45, 7) is 10.9. The van der Waals surface area contributed by atoms with Crippen molar-refractivity contribution in [1.82, 2.24) is 5.43 Å². The van der Waals surface area contributed by atoms with Crippen molar-refractivity contribution in [2.24, 2.45) is 15.7 Å². The van der Waals surface area contributed by atoms with E-state index in [2.05, 4.69) is 50.3 Å². The molecule has 0 bridgehead atoms. The third kappa shape index (κ3) is 8.13. The number of carbonyl (C=O) groups is 2. The zero-order valence-corrected chi connectivity index (χ0v) is 21.6. The molecule has 0 aliphatic carbocycles. The van der Waals surface area contributed by atoms with Crippen molar-refractivity contribution in [3.63, 3.8) is 0 Å². The van der Waals surface area contributed by atoms with Crippen LogP contribution in [0.15, 0.2) is 75.6 Å². The molecule has 0 saturated carbocycles. The molecule has 0 saturated heterocycles. The summed E-state index contributed by atoms with van der Waals surface area (Å²) in [5, 5.41) is 6.75. The molecule has 1 amide bonds. The molecule has 0 spiro atoms. The van der Waals surface area contributed by atoms with Gasteiger partial charge in [0.15, 0.2) is 18.0 Å². The summed E-state index contributed by atoms with van der Waals surface area (Å²) >= 11 is 0. The zero-order valence-electron chi connectivity index (χ0n) is 21.6. The van der Waals surface area contributed by atoms with Gasteiger partial charge in [0.2, 0.25) is 5.76 Å². The van der Waals surface area contributed by atoms with Crippen molar-refractivity contribution >= 4 is 23.8 Å². The number of hydrogen-bond donors (Lipinski definition) is 1. The van der Waals surface area contributed by atoms with Crippen molar-refractivity contribution in [2.75, 3.05) is 6.61 Å². The van der Waals surface area contributed by atoms with E-state index in [1.165, 1.54) is 36.2 Å². The number of carbonyl (C=O) groups excluding carboxylic acids is 2. The third-order valence-corrected chi connectivity index (χ3v) is 5.39. The molecule has 0 aliphatic rings. The summed E-state index contributed by atoms with van der Waals surface area (Å²) in [5.74, 6) is -0.666. The van der Waals surface area contributed by atoms with Crippen LogP contribution in [0.4, 0.5) is 5.69 Å². The van der Waals surface area contributed by atoms with Crippen LogP contribution < -0.4 is 14.9 Å². The highest BCUT2D eigenvalue weighted by atomic mass is 16.5. The van der Waals surface area contributed by atoms with Crippen molar-refractivity contribution in [3.8, 4) is 11.5 Å². The SMILES string of the molecule is CC(C)(C)CC(C)(C)c1ccc(OCC(=O)N/N=C/c2ccc(OC(=O)c3ccco3)c(N=O)c2)cc1. The Morgan fingerprint density at radius 2 is 1.76 bits per heavy atom. The molecular weight excluding hydrogens is 474 g/mol. The van der Waals surface area contributed by atoms with Crippen LogP contribution in [0, 0.1) is 10.3 Å². The second-order valence-electron chi connectivity index (χ2n) is 10.4. The molecule has 9 heteroatoms. The normalized spacial score (nSPS) is 11.8. The summed E-state index contributed by atoms with van der Waals surface area (Å²) < 4.78 is 15.7. The summed E-state index contributed by atoms with van der Waals surface area (Å²) in [7, 11) is 0. The number of esters is 1. The van der Waals surface area contributed by atoms with Gasteiger partial charge in [-0.1, -0.05) is 46.8 Å². The van der Waals surface area contributed by atoms with Gasteiger partial charge in [-0.3, -0.25) is 4.79 Å². The lowest BCUT2D eigenvalue weighted by molar-refractivity contribution is -0.123. The molecule has 1 aromatic heterocycles. The Balaban J connectivity index is 1.51. The fourth-order valence-corrected chi connectivity index (χ4v) is 4.11. The van der Waals surface area contributed by atoms with Gasteiger partial charge in [-0.25, -0.2) is 10.2 Å². The van der Waals surface area contributed by atoms with E-state index in [-0.39, 0.29) is 34.6 Å². The molecule has 0 aliphatic heterocycles. The van der Waals surface area contributed by atoms with Crippen LogP contribution in [0.2, 0.25) is 0 Å². The first-order valence-electron chi connectivity index (χ1n) is 11.8. The molecule has 2 aromatic carbocycles. The number of amides is 1. The van der Waals surface area contributed by atoms with E-state index in [0.29, 0.717) is 11.3 Å². The topological polar surface area (TPSA) is 120 Å². The fourth-order valence-electron chi connectivity index (χ4n) is 4.11. The molecule has 0 radical (unpaired) electrons. The minimum atomic E-state index is -0.758. The third-order valence-electron chi connectivity index (χ3n) is 5.39. The highest BCUT2D eigenvalue weighted by Crippen LogP contribution is 2.36.